The number of hydrogen-bond donors (Lipinski definition) is 11. The minimum absolute atomic E-state index is 0.187. The van der Waals surface area contributed by atoms with E-state index in [1.807, 2.05) is 213 Å². The van der Waals surface area contributed by atoms with E-state index in [4.69, 9.17) is 0 Å². The number of para-hydroxylation sites is 2. The van der Waals surface area contributed by atoms with Crippen molar-refractivity contribution in [2.24, 2.45) is 0 Å². The Labute approximate surface area is 655 Å². The van der Waals surface area contributed by atoms with Gasteiger partial charge in [0.05, 0.1) is 0 Å². The second-order valence-corrected chi connectivity index (χ2v) is 29.5. The van der Waals surface area contributed by atoms with Gasteiger partial charge in [-0.25, -0.2) is 0 Å². The molecule has 11 N–H and O–H groups in total. The molecule has 0 spiro atoms. The number of nitrogens with zero attached hydrogens (tertiary/aromatic N) is 3. The molecule has 5 aliphatic heterocycles. The molecular weight excluding hydrogens is 1430 g/mol. The standard InChI is InChI=1S/C33H35N5O4.C28H31N5O4.C26H30N4O4/c1-21-30(39)35-27(17-22-11-5-3-6-12-22)31(40)36-28(19-24-20-34-26-16-10-9-15-25(24)26)32(41)37-29(33(42)38(21)2)18-23-13-7-4-8-14-23;1-17-25(34)31-22(15-19-16-29-21-11-6-5-10-20(19)21)26(35)32-23(14-18-8-3-2-4-9-18)28(37)33-13-7-12-24(33)27(36)30-17;1-17-23(31)29-21(16-19-11-6-3-7-12-19)26(34)30-14-8-13-22(30)25(33)28-20(24(32)27-17)15-18-9-4-2-5-10-18/h3-16,20-21,27-29,34H,17-19H2,1-2H3,(H,35,39)(H,36,40)(H,37,41);2-6,8-11,16-17,22-24,29H,7,12-15H2,1H3,(H,30,36)(H,31,34)(H,32,35);2-7,9-12,17,20-22H,8,13-16H2,1H3,(H,27,32)(H,28,33)(H,29,31)/t21-,27+,28-,29+;17-,22+,23-,24+;17-,20+,21+,22-/m101/s1. The van der Waals surface area contributed by atoms with Crippen LogP contribution in [0.2, 0.25) is 0 Å². The van der Waals surface area contributed by atoms with E-state index < -0.39 is 120 Å². The molecule has 12 atom stereocenters. The molecule has 2 aromatic heterocycles. The number of amides is 12. The topological polar surface area (TPSA) is 354 Å². The van der Waals surface area contributed by atoms with Crippen molar-refractivity contribution in [2.75, 3.05) is 20.1 Å². The summed E-state index contributed by atoms with van der Waals surface area (Å²) < 4.78 is 0. The molecule has 0 radical (unpaired) electrons. The van der Waals surface area contributed by atoms with Crippen molar-refractivity contribution in [3.8, 4) is 0 Å². The first-order chi connectivity index (χ1) is 54.6. The summed E-state index contributed by atoms with van der Waals surface area (Å²) in [7, 11) is 1.54. The highest BCUT2D eigenvalue weighted by Crippen LogP contribution is 2.26. The Bertz CT molecular complexity index is 4890. The van der Waals surface area contributed by atoms with E-state index in [9.17, 15) is 57.5 Å². The lowest BCUT2D eigenvalue weighted by atomic mass is 9.99. The summed E-state index contributed by atoms with van der Waals surface area (Å²) >= 11 is 0. The number of likely N-dealkylation sites (N-methyl/N-ethyl adjacent to an activating group) is 1. The van der Waals surface area contributed by atoms with Crippen LogP contribution in [0.5, 0.6) is 0 Å². The predicted molar refractivity (Wildman–Crippen MR) is 425 cm³/mol. The Kier molecular flexibility index (Phi) is 26.4. The summed E-state index contributed by atoms with van der Waals surface area (Å²) in [4.78, 5) is 172. The lowest BCUT2D eigenvalue weighted by Crippen LogP contribution is -2.62. The minimum atomic E-state index is -1.000. The van der Waals surface area contributed by atoms with Crippen LogP contribution in [0.25, 0.3) is 21.8 Å². The van der Waals surface area contributed by atoms with E-state index in [1.54, 1.807) is 30.6 Å². The number of rotatable bonds is 14. The maximum absolute atomic E-state index is 13.9. The molecule has 26 heteroatoms. The smallest absolute Gasteiger partial charge is 0.246 e. The number of aromatic nitrogens is 2. The van der Waals surface area contributed by atoms with Gasteiger partial charge in [0.15, 0.2) is 0 Å². The van der Waals surface area contributed by atoms with Crippen molar-refractivity contribution in [1.82, 2.24) is 72.5 Å². The van der Waals surface area contributed by atoms with Crippen LogP contribution in [0.1, 0.15) is 85.4 Å². The molecule has 0 bridgehead atoms. The van der Waals surface area contributed by atoms with Gasteiger partial charge in [-0.1, -0.05) is 188 Å². The molecule has 9 aromatic rings. The number of nitrogens with one attached hydrogen (secondary N) is 11. The zero-order valence-electron chi connectivity index (χ0n) is 63.6. The van der Waals surface area contributed by atoms with Gasteiger partial charge >= 0.3 is 0 Å². The molecular formula is C87H96N14O12. The molecule has 586 valence electrons. The van der Waals surface area contributed by atoms with Crippen molar-refractivity contribution in [3.63, 3.8) is 0 Å². The van der Waals surface area contributed by atoms with Gasteiger partial charge < -0.3 is 72.5 Å². The van der Waals surface area contributed by atoms with Crippen LogP contribution in [-0.4, -0.2) is 188 Å². The van der Waals surface area contributed by atoms with Crippen molar-refractivity contribution < 1.29 is 57.5 Å². The zero-order valence-corrected chi connectivity index (χ0v) is 63.6. The maximum Gasteiger partial charge on any atom is 0.246 e. The molecule has 7 aromatic carbocycles. The normalized spacial score (nSPS) is 24.2. The van der Waals surface area contributed by atoms with Gasteiger partial charge in [0.1, 0.15) is 72.5 Å². The number of carbonyl (C=O) groups excluding carboxylic acids is 12. The molecule has 5 fully saturated rings. The highest BCUT2D eigenvalue weighted by Gasteiger charge is 2.43. The monoisotopic (exact) mass is 1530 g/mol. The van der Waals surface area contributed by atoms with E-state index in [0.717, 1.165) is 60.8 Å². The highest BCUT2D eigenvalue weighted by molar-refractivity contribution is 6.01. The average molecular weight is 1530 g/mol. The van der Waals surface area contributed by atoms with Crippen LogP contribution in [0.3, 0.4) is 0 Å². The Morgan fingerprint density at radius 3 is 0.956 bits per heavy atom. The molecule has 26 nitrogen and oxygen atoms in total. The number of benzene rings is 7. The van der Waals surface area contributed by atoms with Crippen molar-refractivity contribution >= 4 is 92.7 Å². The van der Waals surface area contributed by atoms with Gasteiger partial charge in [-0.3, -0.25) is 57.5 Å². The maximum atomic E-state index is 13.9. The van der Waals surface area contributed by atoms with Crippen LogP contribution < -0.4 is 47.9 Å². The third-order valence-electron chi connectivity index (χ3n) is 21.5. The van der Waals surface area contributed by atoms with Crippen LogP contribution >= 0.6 is 0 Å². The summed E-state index contributed by atoms with van der Waals surface area (Å²) in [6, 6.07) is 52.0. The van der Waals surface area contributed by atoms with Crippen LogP contribution in [0.4, 0.5) is 0 Å². The van der Waals surface area contributed by atoms with E-state index in [1.165, 1.54) is 11.9 Å². The average Bonchev–Trinajstić information content (AvgIpc) is 1.68. The first-order valence-electron chi connectivity index (χ1n) is 38.5. The molecule has 113 heavy (non-hydrogen) atoms. The Morgan fingerprint density at radius 2 is 0.566 bits per heavy atom. The fraction of sp³-hybridized carbons (Fsp3) is 0.333. The first kappa shape index (κ1) is 79.8. The number of hydrogen-bond acceptors (Lipinski definition) is 12. The fourth-order valence-corrected chi connectivity index (χ4v) is 15.1. The van der Waals surface area contributed by atoms with Gasteiger partial charge in [-0.2, -0.15) is 0 Å². The molecule has 12 amide bonds. The molecule has 5 saturated heterocycles. The molecule has 0 saturated carbocycles. The van der Waals surface area contributed by atoms with Gasteiger partial charge in [0.2, 0.25) is 70.9 Å². The molecule has 7 heterocycles. The largest absolute Gasteiger partial charge is 0.361 e. The van der Waals surface area contributed by atoms with Gasteiger partial charge in [0, 0.05) is 99.3 Å². The molecule has 5 aliphatic rings. The highest BCUT2D eigenvalue weighted by atomic mass is 16.2. The van der Waals surface area contributed by atoms with Gasteiger partial charge in [-0.05, 0) is 97.5 Å². The lowest BCUT2D eigenvalue weighted by Gasteiger charge is -2.32. The summed E-state index contributed by atoms with van der Waals surface area (Å²) in [6.45, 7) is 5.63. The lowest BCUT2D eigenvalue weighted by molar-refractivity contribution is -0.143. The van der Waals surface area contributed by atoms with E-state index >= 15 is 0 Å². The van der Waals surface area contributed by atoms with Gasteiger partial charge in [-0.15, -0.1) is 0 Å². The Morgan fingerprint density at radius 1 is 0.292 bits per heavy atom. The summed E-state index contributed by atoms with van der Waals surface area (Å²) in [5.41, 5.74) is 7.92. The molecule has 0 unspecified atom stereocenters. The van der Waals surface area contributed by atoms with Crippen molar-refractivity contribution in [2.45, 2.75) is 164 Å². The molecule has 0 aliphatic carbocycles. The number of fused-ring (bicyclic) bond motifs is 4. The summed E-state index contributed by atoms with van der Waals surface area (Å²) in [6.07, 6.45) is 7.76. The predicted octanol–water partition coefficient (Wildman–Crippen LogP) is 4.89. The number of H-pyrrole nitrogens is 2. The van der Waals surface area contributed by atoms with E-state index in [-0.39, 0.29) is 62.2 Å². The Balaban J connectivity index is 0.000000158. The quantitative estimate of drug-likeness (QED) is 0.0693. The third-order valence-corrected chi connectivity index (χ3v) is 21.5. The van der Waals surface area contributed by atoms with Crippen LogP contribution in [0.15, 0.2) is 213 Å². The van der Waals surface area contributed by atoms with Gasteiger partial charge in [0.25, 0.3) is 0 Å². The van der Waals surface area contributed by atoms with Crippen LogP contribution in [0, 0.1) is 0 Å². The molecule has 14 rings (SSSR count). The fourth-order valence-electron chi connectivity index (χ4n) is 15.1. The van der Waals surface area contributed by atoms with E-state index in [2.05, 4.69) is 57.8 Å². The second kappa shape index (κ2) is 37.3. The zero-order chi connectivity index (χ0) is 79.7. The first-order valence-corrected chi connectivity index (χ1v) is 38.5. The minimum Gasteiger partial charge on any atom is -0.361 e. The van der Waals surface area contributed by atoms with Crippen molar-refractivity contribution in [3.05, 3.63) is 252 Å². The number of aromatic amines is 2. The van der Waals surface area contributed by atoms with E-state index in [0.29, 0.717) is 45.2 Å². The third kappa shape index (κ3) is 20.3. The SMILES string of the molecule is C[C@@H]1C(=O)N[C@@H](Cc2ccccc2)C(=O)N[C@H](Cc2c[nH]c3ccccc23)C(=O)N[C@@H](Cc2ccccc2)C(=O)N1C.C[C@@H]1NC(=O)[C@H]2CCCN2C(=O)[C@H](Cc2ccccc2)NC(=O)[C@@H](Cc2c[nH]c3ccccc23)NC1=O.C[C@H]1NC(=O)[C@H](Cc2ccccc2)NC(=O)[C@H]2CCCN2C(=O)[C@H](Cc2ccccc2)NC1=O. The second-order valence-electron chi connectivity index (χ2n) is 29.5. The summed E-state index contributed by atoms with van der Waals surface area (Å²) in [5, 5.41) is 27.4. The number of carbonyl (C=O) groups is 12. The Hall–Kier alpha value is -12.7. The summed E-state index contributed by atoms with van der Waals surface area (Å²) in [5.74, 6) is -4.86. The van der Waals surface area contributed by atoms with Crippen LogP contribution in [-0.2, 0) is 102 Å². The van der Waals surface area contributed by atoms with Crippen molar-refractivity contribution in [1.29, 1.82) is 0 Å².